The number of likely N-dealkylation sites (tertiary alicyclic amines) is 1. The second-order valence-corrected chi connectivity index (χ2v) is 5.27. The molecule has 1 saturated heterocycles. The van der Waals surface area contributed by atoms with Gasteiger partial charge in [-0.1, -0.05) is 20.3 Å². The van der Waals surface area contributed by atoms with Gasteiger partial charge in [0.15, 0.2) is 0 Å². The second-order valence-electron chi connectivity index (χ2n) is 5.27. The molecule has 0 aromatic carbocycles. The van der Waals surface area contributed by atoms with Crippen molar-refractivity contribution >= 4 is 5.78 Å². The molecule has 1 heterocycles. The van der Waals surface area contributed by atoms with Crippen LogP contribution in [0.15, 0.2) is 0 Å². The van der Waals surface area contributed by atoms with E-state index in [4.69, 9.17) is 0 Å². The normalized spacial score (nSPS) is 23.3. The summed E-state index contributed by atoms with van der Waals surface area (Å²) in [5.41, 5.74) is 0. The molecule has 2 heteroatoms. The molecule has 0 N–H and O–H groups in total. The van der Waals surface area contributed by atoms with Crippen molar-refractivity contribution in [3.8, 4) is 0 Å². The number of piperidine rings is 1. The Morgan fingerprint density at radius 3 is 2.73 bits per heavy atom. The molecule has 1 aliphatic rings. The summed E-state index contributed by atoms with van der Waals surface area (Å²) in [6, 6.07) is 0.537. The van der Waals surface area contributed by atoms with Crippen molar-refractivity contribution in [1.29, 1.82) is 0 Å². The number of carbonyl (C=O) groups is 1. The number of rotatable bonds is 5. The average Bonchev–Trinajstić information content (AvgIpc) is 2.15. The molecule has 0 radical (unpaired) electrons. The van der Waals surface area contributed by atoms with Gasteiger partial charge < -0.3 is 0 Å². The lowest BCUT2D eigenvalue weighted by Gasteiger charge is -2.35. The fourth-order valence-corrected chi connectivity index (χ4v) is 2.34. The Morgan fingerprint density at radius 1 is 1.40 bits per heavy atom. The Kier molecular flexibility index (Phi) is 5.30. The minimum Gasteiger partial charge on any atom is -0.300 e. The zero-order chi connectivity index (χ0) is 11.3. The first-order valence-corrected chi connectivity index (χ1v) is 6.33. The van der Waals surface area contributed by atoms with Crippen molar-refractivity contribution in [2.75, 3.05) is 13.1 Å². The maximum absolute atomic E-state index is 11.2. The molecule has 1 aliphatic heterocycles. The van der Waals surface area contributed by atoms with Crippen LogP contribution in [0, 0.1) is 5.92 Å². The van der Waals surface area contributed by atoms with Crippen molar-refractivity contribution in [2.24, 2.45) is 5.92 Å². The van der Waals surface area contributed by atoms with E-state index in [1.54, 1.807) is 6.92 Å². The van der Waals surface area contributed by atoms with Crippen LogP contribution < -0.4 is 0 Å². The van der Waals surface area contributed by atoms with Gasteiger partial charge in [0.2, 0.25) is 0 Å². The van der Waals surface area contributed by atoms with E-state index < -0.39 is 0 Å². The van der Waals surface area contributed by atoms with Crippen LogP contribution in [0.2, 0.25) is 0 Å². The van der Waals surface area contributed by atoms with E-state index in [9.17, 15) is 4.79 Å². The summed E-state index contributed by atoms with van der Waals surface area (Å²) < 4.78 is 0. The fourth-order valence-electron chi connectivity index (χ4n) is 2.34. The Balaban J connectivity index is 2.39. The molecule has 1 unspecified atom stereocenters. The number of Topliss-reactive ketones (excluding diaryl/α,β-unsaturated/α-hetero) is 1. The molecule has 15 heavy (non-hydrogen) atoms. The third kappa shape index (κ3) is 4.78. The van der Waals surface area contributed by atoms with Crippen LogP contribution in [0.1, 0.15) is 52.9 Å². The molecule has 1 rings (SSSR count). The summed E-state index contributed by atoms with van der Waals surface area (Å²) >= 11 is 0. The highest BCUT2D eigenvalue weighted by molar-refractivity contribution is 5.76. The molecule has 88 valence electrons. The van der Waals surface area contributed by atoms with Crippen molar-refractivity contribution in [1.82, 2.24) is 4.90 Å². The number of hydrogen-bond donors (Lipinski definition) is 0. The predicted molar refractivity (Wildman–Crippen MR) is 64.0 cm³/mol. The Bertz CT molecular complexity index is 201. The first-order valence-electron chi connectivity index (χ1n) is 6.33. The summed E-state index contributed by atoms with van der Waals surface area (Å²) in [5, 5.41) is 0. The quantitative estimate of drug-likeness (QED) is 0.697. The average molecular weight is 211 g/mol. The lowest BCUT2D eigenvalue weighted by molar-refractivity contribution is -0.118. The molecule has 0 spiro atoms. The highest BCUT2D eigenvalue weighted by Crippen LogP contribution is 2.20. The molecule has 0 bridgehead atoms. The maximum atomic E-state index is 11.2. The molecular weight excluding hydrogens is 186 g/mol. The number of hydrogen-bond acceptors (Lipinski definition) is 2. The van der Waals surface area contributed by atoms with E-state index in [0.717, 1.165) is 12.3 Å². The van der Waals surface area contributed by atoms with Gasteiger partial charge in [-0.15, -0.1) is 0 Å². The van der Waals surface area contributed by atoms with Gasteiger partial charge in [-0.2, -0.15) is 0 Å². The summed E-state index contributed by atoms with van der Waals surface area (Å²) in [6.45, 7) is 8.63. The standard InChI is InChI=1S/C13H25NO/c1-11(2)7-9-14-8-5-4-6-13(14)10-12(3)15/h11,13H,4-10H2,1-3H3. The fraction of sp³-hybridized carbons (Fsp3) is 0.923. The van der Waals surface area contributed by atoms with Crippen molar-refractivity contribution in [2.45, 2.75) is 58.9 Å². The first kappa shape index (κ1) is 12.7. The summed E-state index contributed by atoms with van der Waals surface area (Å²) in [6.07, 6.45) is 5.85. The number of ketones is 1. The Morgan fingerprint density at radius 2 is 2.13 bits per heavy atom. The largest absolute Gasteiger partial charge is 0.300 e. The Labute approximate surface area is 94.0 Å². The summed E-state index contributed by atoms with van der Waals surface area (Å²) in [4.78, 5) is 13.7. The highest BCUT2D eigenvalue weighted by atomic mass is 16.1. The molecule has 0 saturated carbocycles. The van der Waals surface area contributed by atoms with Crippen LogP contribution in [-0.4, -0.2) is 29.8 Å². The second kappa shape index (κ2) is 6.26. The van der Waals surface area contributed by atoms with E-state index in [-0.39, 0.29) is 0 Å². The minimum atomic E-state index is 0.344. The highest BCUT2D eigenvalue weighted by Gasteiger charge is 2.22. The van der Waals surface area contributed by atoms with E-state index in [2.05, 4.69) is 18.7 Å². The van der Waals surface area contributed by atoms with E-state index >= 15 is 0 Å². The van der Waals surface area contributed by atoms with Gasteiger partial charge in [0.05, 0.1) is 0 Å². The molecule has 0 aromatic rings. The number of nitrogens with zero attached hydrogens (tertiary/aromatic N) is 1. The predicted octanol–water partition coefficient (Wildman–Crippen LogP) is 2.87. The minimum absolute atomic E-state index is 0.344. The first-order chi connectivity index (χ1) is 7.09. The van der Waals surface area contributed by atoms with Crippen LogP contribution in [0.4, 0.5) is 0 Å². The van der Waals surface area contributed by atoms with Crippen molar-refractivity contribution in [3.05, 3.63) is 0 Å². The number of carbonyl (C=O) groups excluding carboxylic acids is 1. The van der Waals surface area contributed by atoms with Crippen molar-refractivity contribution < 1.29 is 4.79 Å². The van der Waals surface area contributed by atoms with Gasteiger partial charge in [0.1, 0.15) is 5.78 Å². The van der Waals surface area contributed by atoms with Crippen molar-refractivity contribution in [3.63, 3.8) is 0 Å². The molecular formula is C13H25NO. The third-order valence-corrected chi connectivity index (χ3v) is 3.27. The van der Waals surface area contributed by atoms with Gasteiger partial charge in [-0.3, -0.25) is 9.69 Å². The molecule has 1 atom stereocenters. The lowest BCUT2D eigenvalue weighted by Crippen LogP contribution is -2.41. The molecule has 2 nitrogen and oxygen atoms in total. The summed E-state index contributed by atoms with van der Waals surface area (Å²) in [7, 11) is 0. The third-order valence-electron chi connectivity index (χ3n) is 3.27. The molecule has 0 aliphatic carbocycles. The lowest BCUT2D eigenvalue weighted by atomic mass is 9.97. The topological polar surface area (TPSA) is 20.3 Å². The van der Waals surface area contributed by atoms with Crippen LogP contribution >= 0.6 is 0 Å². The van der Waals surface area contributed by atoms with Crippen LogP contribution in [0.5, 0.6) is 0 Å². The molecule has 1 fully saturated rings. The molecule has 0 aromatic heterocycles. The van der Waals surface area contributed by atoms with Gasteiger partial charge in [-0.05, 0) is 45.2 Å². The van der Waals surface area contributed by atoms with E-state index in [1.165, 1.54) is 38.8 Å². The maximum Gasteiger partial charge on any atom is 0.131 e. The smallest absolute Gasteiger partial charge is 0.131 e. The van der Waals surface area contributed by atoms with Gasteiger partial charge >= 0.3 is 0 Å². The zero-order valence-corrected chi connectivity index (χ0v) is 10.5. The summed E-state index contributed by atoms with van der Waals surface area (Å²) in [5.74, 6) is 1.11. The zero-order valence-electron chi connectivity index (χ0n) is 10.5. The van der Waals surface area contributed by atoms with Gasteiger partial charge in [-0.25, -0.2) is 0 Å². The van der Waals surface area contributed by atoms with Crippen LogP contribution in [0.3, 0.4) is 0 Å². The van der Waals surface area contributed by atoms with E-state index in [1.807, 2.05) is 0 Å². The Hall–Kier alpha value is -0.370. The van der Waals surface area contributed by atoms with Gasteiger partial charge in [0, 0.05) is 12.5 Å². The van der Waals surface area contributed by atoms with Crippen LogP contribution in [-0.2, 0) is 4.79 Å². The molecule has 0 amide bonds. The van der Waals surface area contributed by atoms with Gasteiger partial charge in [0.25, 0.3) is 0 Å². The van der Waals surface area contributed by atoms with Crippen LogP contribution in [0.25, 0.3) is 0 Å². The monoisotopic (exact) mass is 211 g/mol. The SMILES string of the molecule is CC(=O)CC1CCCCN1CCC(C)C. The van der Waals surface area contributed by atoms with E-state index in [0.29, 0.717) is 11.8 Å².